The summed E-state index contributed by atoms with van der Waals surface area (Å²) in [6, 6.07) is 4.43. The number of hydrogen-bond donors (Lipinski definition) is 2. The molecule has 4 nitrogen and oxygen atoms in total. The Morgan fingerprint density at radius 3 is 2.64 bits per heavy atom. The molecule has 3 rings (SSSR count). The summed E-state index contributed by atoms with van der Waals surface area (Å²) in [5.41, 5.74) is 0.561. The van der Waals surface area contributed by atoms with Crippen LogP contribution in [0.25, 0.3) is 11.3 Å². The highest BCUT2D eigenvalue weighted by molar-refractivity contribution is 7.71. The summed E-state index contributed by atoms with van der Waals surface area (Å²) in [7, 11) is 0. The third-order valence-electron chi connectivity index (χ3n) is 3.70. The van der Waals surface area contributed by atoms with Crippen LogP contribution >= 0.6 is 23.8 Å². The molecule has 0 radical (unpaired) electrons. The topological polar surface area (TPSA) is 46.9 Å². The van der Waals surface area contributed by atoms with Gasteiger partial charge in [-0.2, -0.15) is 22.8 Å². The molecule has 0 spiro atoms. The lowest BCUT2D eigenvalue weighted by Gasteiger charge is -2.11. The molecule has 130 valence electrons. The van der Waals surface area contributed by atoms with E-state index in [0.717, 1.165) is 12.2 Å². The monoisotopic (exact) mass is 386 g/mol. The molecule has 0 fully saturated rings. The van der Waals surface area contributed by atoms with Crippen LogP contribution in [0.5, 0.6) is 5.75 Å². The average Bonchev–Trinajstić information content (AvgIpc) is 2.84. The van der Waals surface area contributed by atoms with Crippen molar-refractivity contribution in [3.05, 3.63) is 64.0 Å². The zero-order chi connectivity index (χ0) is 18.4. The highest BCUT2D eigenvalue weighted by atomic mass is 35.5. The molecule has 9 heteroatoms. The summed E-state index contributed by atoms with van der Waals surface area (Å²) in [5.74, 6) is -0.0757. The number of hydrogen-bond acceptors (Lipinski definition) is 2. The van der Waals surface area contributed by atoms with E-state index in [1.54, 1.807) is 0 Å². The van der Waals surface area contributed by atoms with Crippen molar-refractivity contribution in [3.63, 3.8) is 0 Å². The Morgan fingerprint density at radius 1 is 1.32 bits per heavy atom. The highest BCUT2D eigenvalue weighted by Gasteiger charge is 2.32. The number of phenols is 1. The standard InChI is InChI=1S/C16H11ClF3N3OS/c1-22-15(25)23(12-8-11(17)6-7-13(12)24)14(21-22)9-2-4-10(5-3-9)16(18,19)20/h2,4-8,21H,1,3H2/p+1. The quantitative estimate of drug-likeness (QED) is 0.582. The van der Waals surface area contributed by atoms with E-state index in [2.05, 4.69) is 11.8 Å². The first-order chi connectivity index (χ1) is 11.7. The number of rotatable bonds is 1. The molecule has 0 aliphatic heterocycles. The Labute approximate surface area is 150 Å². The van der Waals surface area contributed by atoms with Crippen molar-refractivity contribution >= 4 is 29.4 Å². The second kappa shape index (κ2) is 6.20. The Kier molecular flexibility index (Phi) is 4.34. The lowest BCUT2D eigenvalue weighted by molar-refractivity contribution is -0.572. The first-order valence-corrected chi connectivity index (χ1v) is 7.85. The molecule has 0 bridgehead atoms. The van der Waals surface area contributed by atoms with Crippen LogP contribution < -0.4 is 9.84 Å². The van der Waals surface area contributed by atoms with Gasteiger partial charge in [0, 0.05) is 28.9 Å². The van der Waals surface area contributed by atoms with Crippen LogP contribution in [0.3, 0.4) is 0 Å². The molecular weight excluding hydrogens is 375 g/mol. The van der Waals surface area contributed by atoms with Gasteiger partial charge in [-0.15, -0.1) is 4.36 Å². The van der Waals surface area contributed by atoms with Gasteiger partial charge in [-0.25, -0.2) is 0 Å². The normalized spacial score (nSPS) is 16.9. The minimum atomic E-state index is -4.39. The number of aromatic hydroxyl groups is 1. The molecule has 0 unspecified atom stereocenters. The Hall–Kier alpha value is -2.32. The number of phenolic OH excluding ortho intramolecular Hbond substituents is 1. The molecule has 1 aromatic carbocycles. The van der Waals surface area contributed by atoms with Crippen LogP contribution in [0, 0.1) is 11.5 Å². The van der Waals surface area contributed by atoms with Crippen molar-refractivity contribution in [2.75, 3.05) is 0 Å². The molecular formula is C16H12ClF3N3OS+. The fourth-order valence-electron chi connectivity index (χ4n) is 2.49. The van der Waals surface area contributed by atoms with Crippen LogP contribution in [-0.2, 0) is 0 Å². The summed E-state index contributed by atoms with van der Waals surface area (Å²) in [4.78, 5) is 0. The fraction of sp³-hybridized carbons (Fsp3) is 0.125. The Balaban J connectivity index is 2.25. The maximum Gasteiger partial charge on any atom is 0.416 e. The lowest BCUT2D eigenvalue weighted by Crippen LogP contribution is -2.24. The van der Waals surface area contributed by atoms with Crippen LogP contribution in [0.2, 0.25) is 5.02 Å². The van der Waals surface area contributed by atoms with Crippen molar-refractivity contribution < 1.29 is 22.6 Å². The van der Waals surface area contributed by atoms with Gasteiger partial charge in [-0.3, -0.25) is 0 Å². The summed E-state index contributed by atoms with van der Waals surface area (Å²) < 4.78 is 41.3. The molecule has 1 aromatic heterocycles. The zero-order valence-corrected chi connectivity index (χ0v) is 14.2. The molecule has 0 saturated carbocycles. The highest BCUT2D eigenvalue weighted by Crippen LogP contribution is 2.31. The van der Waals surface area contributed by atoms with Gasteiger partial charge in [0.2, 0.25) is 5.48 Å². The summed E-state index contributed by atoms with van der Waals surface area (Å²) in [6.07, 6.45) is -0.898. The summed E-state index contributed by atoms with van der Waals surface area (Å²) in [5, 5.41) is 13.4. The number of halogens is 4. The van der Waals surface area contributed by atoms with Gasteiger partial charge in [0.15, 0.2) is 11.4 Å². The Morgan fingerprint density at radius 2 is 2.04 bits per heavy atom. The maximum atomic E-state index is 12.8. The maximum absolute atomic E-state index is 12.8. The largest absolute Gasteiger partial charge is 0.504 e. The van der Waals surface area contributed by atoms with Crippen molar-refractivity contribution in [1.82, 2.24) is 9.67 Å². The molecule has 0 atom stereocenters. The third-order valence-corrected chi connectivity index (χ3v) is 4.34. The number of nitrogens with one attached hydrogen (secondary N) is 1. The van der Waals surface area contributed by atoms with Crippen molar-refractivity contribution in [1.29, 1.82) is 0 Å². The number of aromatic amines is 1. The fourth-order valence-corrected chi connectivity index (χ4v) is 2.89. The minimum Gasteiger partial charge on any atom is -0.504 e. The van der Waals surface area contributed by atoms with Gasteiger partial charge in [-0.05, 0) is 24.6 Å². The van der Waals surface area contributed by atoms with Crippen LogP contribution in [0.4, 0.5) is 13.2 Å². The second-order valence-corrected chi connectivity index (χ2v) is 6.16. The minimum absolute atomic E-state index is 0.0436. The van der Waals surface area contributed by atoms with E-state index in [0.29, 0.717) is 21.8 Å². The number of benzene rings is 1. The van der Waals surface area contributed by atoms with Crippen molar-refractivity contribution in [2.45, 2.75) is 12.6 Å². The van der Waals surface area contributed by atoms with Crippen LogP contribution in [0.1, 0.15) is 6.42 Å². The number of alkyl halides is 3. The van der Waals surface area contributed by atoms with E-state index >= 15 is 0 Å². The predicted molar refractivity (Wildman–Crippen MR) is 89.5 cm³/mol. The average molecular weight is 387 g/mol. The smallest absolute Gasteiger partial charge is 0.416 e. The van der Waals surface area contributed by atoms with E-state index in [1.807, 2.05) is 0 Å². The molecule has 1 aliphatic carbocycles. The molecule has 1 heterocycles. The van der Waals surface area contributed by atoms with Crippen molar-refractivity contribution in [2.24, 2.45) is 0 Å². The predicted octanol–water partition coefficient (Wildman–Crippen LogP) is 3.42. The first kappa shape index (κ1) is 17.5. The van der Waals surface area contributed by atoms with E-state index in [-0.39, 0.29) is 16.9 Å². The molecule has 2 aromatic rings. The third kappa shape index (κ3) is 3.27. The summed E-state index contributed by atoms with van der Waals surface area (Å²) in [6.45, 7) is 3.72. The van der Waals surface area contributed by atoms with E-state index < -0.39 is 11.7 Å². The van der Waals surface area contributed by atoms with Gasteiger partial charge < -0.3 is 5.11 Å². The second-order valence-electron chi connectivity index (χ2n) is 5.36. The van der Waals surface area contributed by atoms with Gasteiger partial charge in [-0.1, -0.05) is 23.8 Å². The van der Waals surface area contributed by atoms with E-state index in [9.17, 15) is 18.3 Å². The molecule has 2 N–H and O–H groups in total. The van der Waals surface area contributed by atoms with Crippen molar-refractivity contribution in [3.8, 4) is 11.4 Å². The van der Waals surface area contributed by atoms with E-state index in [1.165, 1.54) is 33.2 Å². The van der Waals surface area contributed by atoms with E-state index in [4.69, 9.17) is 23.8 Å². The zero-order valence-electron chi connectivity index (χ0n) is 12.6. The van der Waals surface area contributed by atoms with Crippen LogP contribution in [0.15, 0.2) is 42.0 Å². The summed E-state index contributed by atoms with van der Waals surface area (Å²) >= 11 is 11.3. The molecule has 0 amide bonds. The number of H-pyrrole nitrogens is 1. The SMILES string of the molecule is C=[n+]1[nH]c(=C2C=CC(C(F)(F)F)=CC2)n(-c2cc(Cl)ccc2O)c1=S. The van der Waals surface area contributed by atoms with Gasteiger partial charge in [0.05, 0.1) is 12.3 Å². The first-order valence-electron chi connectivity index (χ1n) is 7.07. The number of aromatic nitrogens is 3. The number of allylic oxidation sites excluding steroid dienone is 4. The molecule has 1 aliphatic rings. The Bertz CT molecular complexity index is 1080. The van der Waals surface area contributed by atoms with Gasteiger partial charge >= 0.3 is 10.9 Å². The lowest BCUT2D eigenvalue weighted by atomic mass is 10.0. The number of nitrogens with zero attached hydrogens (tertiary/aromatic N) is 2. The van der Waals surface area contributed by atoms with Gasteiger partial charge in [0.25, 0.3) is 0 Å². The van der Waals surface area contributed by atoms with Gasteiger partial charge in [0.1, 0.15) is 0 Å². The molecule has 25 heavy (non-hydrogen) atoms. The molecule has 0 saturated heterocycles. The van der Waals surface area contributed by atoms with Crippen LogP contribution in [-0.4, -0.2) is 20.9 Å².